The Hall–Kier alpha value is -6.36. The Morgan fingerprint density at radius 3 is 1.81 bits per heavy atom. The van der Waals surface area contributed by atoms with Crippen molar-refractivity contribution in [1.29, 1.82) is 0 Å². The van der Waals surface area contributed by atoms with Gasteiger partial charge in [-0.05, 0) is 67.1 Å². The SMILES string of the molecule is CC[C@H](C)[C@H](NC(=O)[C@H](CCC(=O)O)CC(=O)[C@H](Cc1c[nH]c2ccccc12)NC(=O)[C@@H](CC(=O)[C@@H](NC(=O)[C@@H](CC(=O)CNC(=O)[C@@H](CC(=O)[C@@H](C)CO)Cc1ccccc1)C(C)C)C(C)C)CC(C)C)C(C)=O. The van der Waals surface area contributed by atoms with Crippen LogP contribution in [-0.2, 0) is 60.8 Å². The minimum atomic E-state index is -1.22. The van der Waals surface area contributed by atoms with Crippen LogP contribution in [0.4, 0.5) is 0 Å². The van der Waals surface area contributed by atoms with Crippen LogP contribution in [0.15, 0.2) is 60.8 Å². The van der Waals surface area contributed by atoms with E-state index in [0.717, 1.165) is 16.5 Å². The second-order valence-corrected chi connectivity index (χ2v) is 21.6. The molecule has 17 heteroatoms. The number of carbonyl (C=O) groups is 10. The van der Waals surface area contributed by atoms with Gasteiger partial charge in [-0.15, -0.1) is 0 Å². The van der Waals surface area contributed by atoms with Crippen molar-refractivity contribution in [3.63, 3.8) is 0 Å². The summed E-state index contributed by atoms with van der Waals surface area (Å²) in [7, 11) is 0. The Morgan fingerprint density at radius 2 is 1.23 bits per heavy atom. The van der Waals surface area contributed by atoms with Crippen LogP contribution in [0.25, 0.3) is 10.9 Å². The van der Waals surface area contributed by atoms with Gasteiger partial charge in [0.25, 0.3) is 0 Å². The first-order valence-electron chi connectivity index (χ1n) is 26.6. The highest BCUT2D eigenvalue weighted by Crippen LogP contribution is 2.26. The van der Waals surface area contributed by atoms with Crippen LogP contribution in [0, 0.1) is 53.3 Å². The lowest BCUT2D eigenvalue weighted by Crippen LogP contribution is -2.50. The monoisotopic (exact) mass is 1040 g/mol. The molecule has 3 rings (SSSR count). The Labute approximate surface area is 442 Å². The van der Waals surface area contributed by atoms with Crippen molar-refractivity contribution in [2.24, 2.45) is 53.3 Å². The molecule has 2 aromatic carbocycles. The van der Waals surface area contributed by atoms with E-state index in [2.05, 4.69) is 26.3 Å². The molecule has 0 radical (unpaired) electrons. The molecule has 0 bridgehead atoms. The molecule has 1 aromatic heterocycles. The average Bonchev–Trinajstić information content (AvgIpc) is 3.77. The molecule has 17 nitrogen and oxygen atoms in total. The van der Waals surface area contributed by atoms with Crippen molar-refractivity contribution in [2.75, 3.05) is 13.2 Å². The van der Waals surface area contributed by atoms with Gasteiger partial charge in [0, 0.05) is 85.2 Å². The first-order valence-corrected chi connectivity index (χ1v) is 26.6. The molecule has 0 spiro atoms. The summed E-state index contributed by atoms with van der Waals surface area (Å²) >= 11 is 0. The molecule has 9 atom stereocenters. The average molecular weight is 1040 g/mol. The molecule has 75 heavy (non-hydrogen) atoms. The lowest BCUT2D eigenvalue weighted by molar-refractivity contribution is -0.139. The normalized spacial score (nSPS) is 15.2. The van der Waals surface area contributed by atoms with E-state index in [1.54, 1.807) is 40.8 Å². The molecule has 4 amide bonds. The molecule has 0 aliphatic rings. The molecule has 412 valence electrons. The summed E-state index contributed by atoms with van der Waals surface area (Å²) in [5.74, 6) is -11.1. The predicted octanol–water partition coefficient (Wildman–Crippen LogP) is 6.31. The van der Waals surface area contributed by atoms with Crippen LogP contribution in [0.1, 0.15) is 132 Å². The number of hydrogen-bond donors (Lipinski definition) is 7. The maximum Gasteiger partial charge on any atom is 0.303 e. The Morgan fingerprint density at radius 1 is 0.627 bits per heavy atom. The number of amides is 4. The van der Waals surface area contributed by atoms with Crippen LogP contribution in [0.5, 0.6) is 0 Å². The highest BCUT2D eigenvalue weighted by atomic mass is 16.4. The van der Waals surface area contributed by atoms with E-state index in [4.69, 9.17) is 0 Å². The number of carboxylic acid groups (broad SMARTS) is 1. The summed E-state index contributed by atoms with van der Waals surface area (Å²) < 4.78 is 0. The third-order valence-corrected chi connectivity index (χ3v) is 14.2. The van der Waals surface area contributed by atoms with Crippen LogP contribution < -0.4 is 21.3 Å². The number of carbonyl (C=O) groups excluding carboxylic acids is 9. The molecule has 0 saturated heterocycles. The third kappa shape index (κ3) is 20.4. The topological polar surface area (TPSA) is 275 Å². The minimum absolute atomic E-state index is 0.00530. The van der Waals surface area contributed by atoms with Crippen molar-refractivity contribution in [1.82, 2.24) is 26.3 Å². The highest BCUT2D eigenvalue weighted by Gasteiger charge is 2.36. The fourth-order valence-corrected chi connectivity index (χ4v) is 9.30. The number of nitrogens with one attached hydrogen (secondary N) is 5. The molecular weight excluding hydrogens is 959 g/mol. The molecular formula is C58H83N5O12. The Kier molecular flexibility index (Phi) is 25.9. The van der Waals surface area contributed by atoms with Gasteiger partial charge >= 0.3 is 5.97 Å². The smallest absolute Gasteiger partial charge is 0.303 e. The molecule has 3 aromatic rings. The van der Waals surface area contributed by atoms with E-state index in [1.165, 1.54) is 6.92 Å². The number of carboxylic acids is 1. The van der Waals surface area contributed by atoms with Crippen LogP contribution in [0.2, 0.25) is 0 Å². The van der Waals surface area contributed by atoms with Crippen molar-refractivity contribution in [2.45, 2.75) is 152 Å². The third-order valence-electron chi connectivity index (χ3n) is 14.2. The van der Waals surface area contributed by atoms with E-state index in [9.17, 15) is 58.2 Å². The number of rotatable bonds is 35. The maximum absolute atomic E-state index is 14.6. The summed E-state index contributed by atoms with van der Waals surface area (Å²) in [6, 6.07) is 13.4. The van der Waals surface area contributed by atoms with Crippen LogP contribution in [0.3, 0.4) is 0 Å². The van der Waals surface area contributed by atoms with Gasteiger partial charge in [0.05, 0.1) is 31.3 Å². The number of para-hydroxylation sites is 1. The van der Waals surface area contributed by atoms with E-state index < -0.39 is 120 Å². The largest absolute Gasteiger partial charge is 0.481 e. The number of Topliss-reactive ketones (excluding diaryl/α,β-unsaturated/α-hetero) is 5. The number of benzene rings is 2. The Balaban J connectivity index is 1.85. The van der Waals surface area contributed by atoms with Crippen LogP contribution in [-0.4, -0.2) is 105 Å². The first-order chi connectivity index (χ1) is 35.4. The minimum Gasteiger partial charge on any atom is -0.481 e. The van der Waals surface area contributed by atoms with Crippen molar-refractivity contribution >= 4 is 69.4 Å². The van der Waals surface area contributed by atoms with Gasteiger partial charge < -0.3 is 36.5 Å². The highest BCUT2D eigenvalue weighted by molar-refractivity contribution is 5.98. The van der Waals surface area contributed by atoms with E-state index in [-0.39, 0.29) is 80.9 Å². The summed E-state index contributed by atoms with van der Waals surface area (Å²) in [5.41, 5.74) is 2.29. The van der Waals surface area contributed by atoms with E-state index in [1.807, 2.05) is 82.3 Å². The van der Waals surface area contributed by atoms with Gasteiger partial charge in [0.1, 0.15) is 5.78 Å². The lowest BCUT2D eigenvalue weighted by atomic mass is 9.85. The predicted molar refractivity (Wildman–Crippen MR) is 286 cm³/mol. The van der Waals surface area contributed by atoms with E-state index >= 15 is 0 Å². The number of fused-ring (bicyclic) bond motifs is 1. The first kappa shape index (κ1) is 62.9. The van der Waals surface area contributed by atoms with Gasteiger partial charge in [-0.2, -0.15) is 0 Å². The molecule has 0 saturated carbocycles. The summed E-state index contributed by atoms with van der Waals surface area (Å²) in [6.45, 7) is 16.6. The molecule has 0 aliphatic heterocycles. The number of hydrogen-bond acceptors (Lipinski definition) is 11. The molecule has 0 aliphatic carbocycles. The van der Waals surface area contributed by atoms with Crippen molar-refractivity contribution in [3.05, 3.63) is 71.9 Å². The van der Waals surface area contributed by atoms with Gasteiger partial charge in [0.15, 0.2) is 23.1 Å². The van der Waals surface area contributed by atoms with E-state index in [0.29, 0.717) is 12.0 Å². The number of aliphatic carboxylic acids is 1. The summed E-state index contributed by atoms with van der Waals surface area (Å²) in [6.07, 6.45) is 0.972. The number of aromatic amines is 1. The second kappa shape index (κ2) is 30.9. The number of ketones is 5. The zero-order valence-corrected chi connectivity index (χ0v) is 45.7. The molecule has 0 fully saturated rings. The molecule has 1 heterocycles. The summed E-state index contributed by atoms with van der Waals surface area (Å²) in [5, 5.41) is 31.1. The standard InChI is InChI=1S/C58H83N5O12/c1-11-36(8)54(38(10)65)63-56(73)40(21-22-52(70)71)26-50(68)48(25-43-30-59-47-20-16-15-19-45(43)47)61-57(74)41(23-33(2)3)28-51(69)53(35(6)7)62-58(75)46(34(4)5)29-44(66)31-60-55(72)42(27-49(67)37(9)32-64)24-39-17-13-12-14-18-39/h12-20,30,33-37,40-42,46,48,53-54,59,64H,11,21-29,31-32H2,1-10H3,(H,60,72)(H,61,74)(H,62,75)(H,63,73)(H,70,71)/t36-,37-,40+,41+,42+,46-,48-,53-,54-/m0/s1. The Bertz CT molecular complexity index is 2430. The zero-order valence-electron chi connectivity index (χ0n) is 45.7. The molecule has 7 N–H and O–H groups in total. The second-order valence-electron chi connectivity index (χ2n) is 21.6. The van der Waals surface area contributed by atoms with Crippen molar-refractivity contribution in [3.8, 4) is 0 Å². The molecule has 0 unspecified atom stereocenters. The lowest BCUT2D eigenvalue weighted by Gasteiger charge is -2.28. The number of aliphatic hydroxyl groups is 1. The van der Waals surface area contributed by atoms with Gasteiger partial charge in [-0.1, -0.05) is 117 Å². The zero-order chi connectivity index (χ0) is 56.1. The maximum atomic E-state index is 14.6. The summed E-state index contributed by atoms with van der Waals surface area (Å²) in [4.78, 5) is 139. The van der Waals surface area contributed by atoms with Gasteiger partial charge in [0.2, 0.25) is 23.6 Å². The van der Waals surface area contributed by atoms with Crippen molar-refractivity contribution < 1.29 is 58.2 Å². The van der Waals surface area contributed by atoms with Gasteiger partial charge in [-0.3, -0.25) is 47.9 Å². The quantitative estimate of drug-likeness (QED) is 0.0341. The number of aromatic nitrogens is 1. The number of H-pyrrole nitrogens is 1. The van der Waals surface area contributed by atoms with Crippen LogP contribution >= 0.6 is 0 Å². The number of aliphatic hydroxyl groups excluding tert-OH is 1. The fourth-order valence-electron chi connectivity index (χ4n) is 9.30. The fraction of sp³-hybridized carbons (Fsp3) is 0.586. The van der Waals surface area contributed by atoms with Gasteiger partial charge in [-0.25, -0.2) is 0 Å².